The molecule has 2 N–H and O–H groups in total. The lowest BCUT2D eigenvalue weighted by molar-refractivity contribution is 0.425. The standard InChI is InChI=1S/C9H11BN2O2/c1-6(2)9-4-7(10(13)14)3-8(5-11)12-9/h3-4,6,13-14H,1-2H3. The molecule has 0 amide bonds. The van der Waals surface area contributed by atoms with Crippen molar-refractivity contribution in [1.82, 2.24) is 4.98 Å². The van der Waals surface area contributed by atoms with Crippen LogP contribution < -0.4 is 5.46 Å². The maximum Gasteiger partial charge on any atom is 0.488 e. The Hall–Kier alpha value is -1.38. The molecule has 0 aliphatic carbocycles. The Balaban J connectivity index is 3.22. The number of nitriles is 1. The van der Waals surface area contributed by atoms with Crippen LogP contribution in [0.15, 0.2) is 12.1 Å². The molecule has 1 heterocycles. The Morgan fingerprint density at radius 1 is 1.43 bits per heavy atom. The van der Waals surface area contributed by atoms with Crippen LogP contribution in [0.5, 0.6) is 0 Å². The highest BCUT2D eigenvalue weighted by Crippen LogP contribution is 2.10. The number of hydrogen-bond donors (Lipinski definition) is 2. The second-order valence-corrected chi connectivity index (χ2v) is 3.35. The number of rotatable bonds is 2. The summed E-state index contributed by atoms with van der Waals surface area (Å²) < 4.78 is 0. The minimum atomic E-state index is -1.55. The van der Waals surface area contributed by atoms with Crippen molar-refractivity contribution in [2.24, 2.45) is 0 Å². The Labute approximate surface area is 83.0 Å². The Kier molecular flexibility index (Phi) is 3.23. The van der Waals surface area contributed by atoms with Gasteiger partial charge in [0.1, 0.15) is 11.8 Å². The highest BCUT2D eigenvalue weighted by Gasteiger charge is 2.14. The zero-order chi connectivity index (χ0) is 10.7. The molecule has 0 bridgehead atoms. The first kappa shape index (κ1) is 10.7. The van der Waals surface area contributed by atoms with Crippen molar-refractivity contribution in [2.45, 2.75) is 19.8 Å². The van der Waals surface area contributed by atoms with Gasteiger partial charge >= 0.3 is 7.12 Å². The van der Waals surface area contributed by atoms with Crippen LogP contribution in [0.2, 0.25) is 0 Å². The molecule has 0 aliphatic rings. The summed E-state index contributed by atoms with van der Waals surface area (Å²) >= 11 is 0. The number of nitrogens with zero attached hydrogens (tertiary/aromatic N) is 2. The van der Waals surface area contributed by atoms with E-state index in [9.17, 15) is 0 Å². The highest BCUT2D eigenvalue weighted by atomic mass is 16.4. The van der Waals surface area contributed by atoms with Crippen LogP contribution in [0.1, 0.15) is 31.2 Å². The molecule has 1 rings (SSSR count). The molecular formula is C9H11BN2O2. The summed E-state index contributed by atoms with van der Waals surface area (Å²) in [7, 11) is -1.55. The van der Waals surface area contributed by atoms with E-state index in [1.807, 2.05) is 19.9 Å². The average molecular weight is 190 g/mol. The molecule has 0 fully saturated rings. The van der Waals surface area contributed by atoms with Crippen LogP contribution in [0.25, 0.3) is 0 Å². The molecule has 0 spiro atoms. The molecular weight excluding hydrogens is 179 g/mol. The Morgan fingerprint density at radius 2 is 2.07 bits per heavy atom. The van der Waals surface area contributed by atoms with Crippen LogP contribution in [-0.2, 0) is 0 Å². The number of pyridine rings is 1. The fraction of sp³-hybridized carbons (Fsp3) is 0.333. The maximum atomic E-state index is 8.97. The monoisotopic (exact) mass is 190 g/mol. The third-order valence-electron chi connectivity index (χ3n) is 1.87. The molecule has 0 aromatic carbocycles. The van der Waals surface area contributed by atoms with E-state index in [0.29, 0.717) is 11.2 Å². The summed E-state index contributed by atoms with van der Waals surface area (Å²) in [6.07, 6.45) is 0. The fourth-order valence-electron chi connectivity index (χ4n) is 1.08. The van der Waals surface area contributed by atoms with Crippen LogP contribution in [-0.4, -0.2) is 22.2 Å². The molecule has 1 aromatic heterocycles. The predicted octanol–water partition coefficient (Wildman–Crippen LogP) is -0.244. The van der Waals surface area contributed by atoms with Crippen LogP contribution >= 0.6 is 0 Å². The summed E-state index contributed by atoms with van der Waals surface area (Å²) in [5.74, 6) is 0.154. The topological polar surface area (TPSA) is 77.1 Å². The van der Waals surface area contributed by atoms with Gasteiger partial charge in [-0.3, -0.25) is 0 Å². The van der Waals surface area contributed by atoms with E-state index in [0.717, 1.165) is 0 Å². The quantitative estimate of drug-likeness (QED) is 0.630. The molecule has 0 atom stereocenters. The van der Waals surface area contributed by atoms with Crippen LogP contribution in [0.3, 0.4) is 0 Å². The molecule has 0 saturated carbocycles. The van der Waals surface area contributed by atoms with Gasteiger partial charge in [0.05, 0.1) is 0 Å². The highest BCUT2D eigenvalue weighted by molar-refractivity contribution is 6.58. The third-order valence-corrected chi connectivity index (χ3v) is 1.87. The van der Waals surface area contributed by atoms with Crippen molar-refractivity contribution in [1.29, 1.82) is 5.26 Å². The third kappa shape index (κ3) is 2.31. The van der Waals surface area contributed by atoms with Gasteiger partial charge in [0.25, 0.3) is 0 Å². The summed E-state index contributed by atoms with van der Waals surface area (Å²) in [4.78, 5) is 4.05. The molecule has 0 aliphatic heterocycles. The van der Waals surface area contributed by atoms with Gasteiger partial charge in [-0.05, 0) is 23.5 Å². The summed E-state index contributed by atoms with van der Waals surface area (Å²) in [6, 6.07) is 4.85. The van der Waals surface area contributed by atoms with Crippen molar-refractivity contribution < 1.29 is 10.0 Å². The normalized spacial score (nSPS) is 10.0. The largest absolute Gasteiger partial charge is 0.488 e. The lowest BCUT2D eigenvalue weighted by atomic mass is 9.79. The molecule has 72 valence electrons. The average Bonchev–Trinajstić information content (AvgIpc) is 2.16. The molecule has 0 unspecified atom stereocenters. The molecule has 0 radical (unpaired) electrons. The van der Waals surface area contributed by atoms with Crippen LogP contribution in [0, 0.1) is 11.3 Å². The van der Waals surface area contributed by atoms with Crippen molar-refractivity contribution in [3.63, 3.8) is 0 Å². The summed E-state index contributed by atoms with van der Waals surface area (Å²) in [5.41, 5.74) is 1.20. The second-order valence-electron chi connectivity index (χ2n) is 3.35. The van der Waals surface area contributed by atoms with Gasteiger partial charge in [-0.15, -0.1) is 0 Å². The maximum absolute atomic E-state index is 8.97. The van der Waals surface area contributed by atoms with Gasteiger partial charge in [0, 0.05) is 5.69 Å². The summed E-state index contributed by atoms with van der Waals surface area (Å²) in [5, 5.41) is 26.6. The van der Waals surface area contributed by atoms with E-state index in [1.54, 1.807) is 6.07 Å². The molecule has 0 saturated heterocycles. The smallest absolute Gasteiger partial charge is 0.423 e. The fourth-order valence-corrected chi connectivity index (χ4v) is 1.08. The van der Waals surface area contributed by atoms with Gasteiger partial charge in [0.15, 0.2) is 0 Å². The van der Waals surface area contributed by atoms with Crippen LogP contribution in [0.4, 0.5) is 0 Å². The van der Waals surface area contributed by atoms with Gasteiger partial charge < -0.3 is 10.0 Å². The summed E-state index contributed by atoms with van der Waals surface area (Å²) in [6.45, 7) is 3.86. The molecule has 14 heavy (non-hydrogen) atoms. The zero-order valence-electron chi connectivity index (χ0n) is 8.10. The van der Waals surface area contributed by atoms with E-state index < -0.39 is 7.12 Å². The van der Waals surface area contributed by atoms with E-state index >= 15 is 0 Å². The first-order chi connectivity index (χ1) is 6.54. The first-order valence-corrected chi connectivity index (χ1v) is 4.32. The van der Waals surface area contributed by atoms with Gasteiger partial charge in [0.2, 0.25) is 0 Å². The molecule has 4 nitrogen and oxygen atoms in total. The first-order valence-electron chi connectivity index (χ1n) is 4.32. The van der Waals surface area contributed by atoms with Gasteiger partial charge in [-0.2, -0.15) is 5.26 Å². The molecule has 5 heteroatoms. The van der Waals surface area contributed by atoms with E-state index in [-0.39, 0.29) is 11.6 Å². The number of aromatic nitrogens is 1. The van der Waals surface area contributed by atoms with E-state index in [4.69, 9.17) is 15.3 Å². The van der Waals surface area contributed by atoms with Crippen molar-refractivity contribution in [2.75, 3.05) is 0 Å². The Bertz CT molecular complexity index is 345. The number of hydrogen-bond acceptors (Lipinski definition) is 4. The minimum Gasteiger partial charge on any atom is -0.423 e. The molecule has 1 aromatic rings. The van der Waals surface area contributed by atoms with Crippen molar-refractivity contribution in [3.8, 4) is 6.07 Å². The van der Waals surface area contributed by atoms with Gasteiger partial charge in [-0.1, -0.05) is 13.8 Å². The SMILES string of the molecule is CC(C)c1cc(B(O)O)cc(C#N)n1. The van der Waals surface area contributed by atoms with Crippen molar-refractivity contribution in [3.05, 3.63) is 23.5 Å². The lowest BCUT2D eigenvalue weighted by Gasteiger charge is -2.07. The van der Waals surface area contributed by atoms with E-state index in [1.165, 1.54) is 6.07 Å². The Morgan fingerprint density at radius 3 is 2.50 bits per heavy atom. The predicted molar refractivity (Wildman–Crippen MR) is 52.9 cm³/mol. The van der Waals surface area contributed by atoms with E-state index in [2.05, 4.69) is 4.98 Å². The lowest BCUT2D eigenvalue weighted by Crippen LogP contribution is -2.31. The zero-order valence-corrected chi connectivity index (χ0v) is 8.10. The van der Waals surface area contributed by atoms with Gasteiger partial charge in [-0.25, -0.2) is 4.98 Å². The minimum absolute atomic E-state index is 0.154. The second kappa shape index (κ2) is 4.22. The van der Waals surface area contributed by atoms with Crippen molar-refractivity contribution >= 4 is 12.6 Å².